The molecule has 0 bridgehead atoms. The largest absolute Gasteiger partial charge is 0.301 e. The highest BCUT2D eigenvalue weighted by Crippen LogP contribution is 2.27. The topological polar surface area (TPSA) is 3.24 Å². The molecule has 2 aromatic carbocycles. The Morgan fingerprint density at radius 1 is 1.06 bits per heavy atom. The first-order valence-electron chi connectivity index (χ1n) is 5.44. The van der Waals surface area contributed by atoms with Gasteiger partial charge in [-0.15, -0.1) is 11.6 Å². The summed E-state index contributed by atoms with van der Waals surface area (Å²) < 4.78 is 0. The first-order valence-corrected chi connectivity index (χ1v) is 5.97. The van der Waals surface area contributed by atoms with Crippen molar-refractivity contribution in [2.24, 2.45) is 0 Å². The quantitative estimate of drug-likeness (QED) is 0.731. The number of hydrogen-bond acceptors (Lipinski definition) is 1. The Morgan fingerprint density at radius 2 is 1.75 bits per heavy atom. The minimum atomic E-state index is 0.271. The van der Waals surface area contributed by atoms with Gasteiger partial charge in [0.2, 0.25) is 0 Å². The summed E-state index contributed by atoms with van der Waals surface area (Å²) in [6.07, 6.45) is 0. The number of alkyl halides is 1. The fourth-order valence-corrected chi connectivity index (χ4v) is 2.48. The minimum Gasteiger partial charge on any atom is -0.301 e. The molecule has 0 spiro atoms. The van der Waals surface area contributed by atoms with E-state index in [1.165, 1.54) is 16.3 Å². The van der Waals surface area contributed by atoms with Gasteiger partial charge in [0.1, 0.15) is 0 Å². The zero-order chi connectivity index (χ0) is 11.5. The number of rotatable bonds is 3. The molecule has 0 amide bonds. The lowest BCUT2D eigenvalue weighted by Gasteiger charge is -2.23. The Balaban J connectivity index is 2.59. The lowest BCUT2D eigenvalue weighted by molar-refractivity contribution is 0.326. The van der Waals surface area contributed by atoms with E-state index < -0.39 is 0 Å². The van der Waals surface area contributed by atoms with Crippen LogP contribution in [0.2, 0.25) is 0 Å². The van der Waals surface area contributed by atoms with Crippen LogP contribution in [0.1, 0.15) is 11.6 Å². The molecule has 2 heteroatoms. The van der Waals surface area contributed by atoms with Crippen molar-refractivity contribution in [3.05, 3.63) is 48.0 Å². The van der Waals surface area contributed by atoms with Gasteiger partial charge in [-0.25, -0.2) is 0 Å². The normalized spacial score (nSPS) is 13.2. The number of fused-ring (bicyclic) bond motifs is 1. The van der Waals surface area contributed by atoms with Crippen LogP contribution in [0.4, 0.5) is 0 Å². The first kappa shape index (κ1) is 11.4. The van der Waals surface area contributed by atoms with Crippen molar-refractivity contribution < 1.29 is 0 Å². The molecule has 2 rings (SSSR count). The van der Waals surface area contributed by atoms with Crippen LogP contribution in [0.15, 0.2) is 42.5 Å². The van der Waals surface area contributed by atoms with Gasteiger partial charge in [0.25, 0.3) is 0 Å². The van der Waals surface area contributed by atoms with Crippen LogP contribution >= 0.6 is 11.6 Å². The summed E-state index contributed by atoms with van der Waals surface area (Å²) in [5, 5.41) is 2.57. The summed E-state index contributed by atoms with van der Waals surface area (Å²) >= 11 is 6.06. The Bertz CT molecular complexity index is 474. The van der Waals surface area contributed by atoms with E-state index in [2.05, 4.69) is 61.5 Å². The third-order valence-corrected chi connectivity index (χ3v) is 3.24. The fraction of sp³-hybridized carbons (Fsp3) is 0.286. The zero-order valence-corrected chi connectivity index (χ0v) is 10.4. The van der Waals surface area contributed by atoms with Crippen molar-refractivity contribution in [2.75, 3.05) is 20.0 Å². The van der Waals surface area contributed by atoms with Crippen LogP contribution in [0.25, 0.3) is 10.8 Å². The highest BCUT2D eigenvalue weighted by atomic mass is 35.5. The van der Waals surface area contributed by atoms with Gasteiger partial charge >= 0.3 is 0 Å². The second kappa shape index (κ2) is 4.86. The molecule has 16 heavy (non-hydrogen) atoms. The maximum Gasteiger partial charge on any atom is 0.0483 e. The summed E-state index contributed by atoms with van der Waals surface area (Å²) in [7, 11) is 4.13. The molecule has 0 aliphatic rings. The molecule has 1 nitrogen and oxygen atoms in total. The fourth-order valence-electron chi connectivity index (χ4n) is 2.04. The molecule has 0 aliphatic heterocycles. The molecule has 1 unspecified atom stereocenters. The Morgan fingerprint density at radius 3 is 2.44 bits per heavy atom. The lowest BCUT2D eigenvalue weighted by atomic mass is 9.99. The molecule has 0 fully saturated rings. The number of benzene rings is 2. The number of hydrogen-bond donors (Lipinski definition) is 0. The van der Waals surface area contributed by atoms with E-state index in [1.54, 1.807) is 0 Å². The van der Waals surface area contributed by atoms with E-state index in [4.69, 9.17) is 11.6 Å². The molecule has 0 radical (unpaired) electrons. The van der Waals surface area contributed by atoms with Gasteiger partial charge in [-0.1, -0.05) is 42.5 Å². The second-order valence-electron chi connectivity index (χ2n) is 4.20. The molecule has 0 saturated carbocycles. The zero-order valence-electron chi connectivity index (χ0n) is 9.65. The average molecular weight is 234 g/mol. The summed E-state index contributed by atoms with van der Waals surface area (Å²) in [6, 6.07) is 15.1. The van der Waals surface area contributed by atoms with Crippen LogP contribution in [0.3, 0.4) is 0 Å². The Kier molecular flexibility index (Phi) is 3.47. The summed E-state index contributed by atoms with van der Waals surface area (Å²) in [6.45, 7) is 0. The van der Waals surface area contributed by atoms with Gasteiger partial charge in [-0.2, -0.15) is 0 Å². The number of nitrogens with zero attached hydrogens (tertiary/aromatic N) is 1. The monoisotopic (exact) mass is 233 g/mol. The molecule has 0 N–H and O–H groups in total. The van der Waals surface area contributed by atoms with Gasteiger partial charge in [-0.3, -0.25) is 0 Å². The molecule has 0 aliphatic carbocycles. The highest BCUT2D eigenvalue weighted by molar-refractivity contribution is 6.18. The van der Waals surface area contributed by atoms with E-state index in [1.807, 2.05) is 0 Å². The van der Waals surface area contributed by atoms with Gasteiger partial charge in [0.05, 0.1) is 0 Å². The van der Waals surface area contributed by atoms with E-state index in [9.17, 15) is 0 Å². The average Bonchev–Trinajstić information content (AvgIpc) is 2.30. The van der Waals surface area contributed by atoms with Crippen LogP contribution < -0.4 is 0 Å². The predicted molar refractivity (Wildman–Crippen MR) is 71.1 cm³/mol. The lowest BCUT2D eigenvalue weighted by Crippen LogP contribution is -2.21. The Labute approximate surface area is 102 Å². The molecular formula is C14H16ClN. The van der Waals surface area contributed by atoms with Crippen molar-refractivity contribution in [1.82, 2.24) is 4.90 Å². The van der Waals surface area contributed by atoms with Crippen LogP contribution in [0.5, 0.6) is 0 Å². The van der Waals surface area contributed by atoms with Gasteiger partial charge < -0.3 is 4.90 Å². The third-order valence-electron chi connectivity index (χ3n) is 2.95. The highest BCUT2D eigenvalue weighted by Gasteiger charge is 2.14. The minimum absolute atomic E-state index is 0.271. The SMILES string of the molecule is CN(C)C(CCl)c1cccc2ccccc12. The predicted octanol–water partition coefficient (Wildman–Crippen LogP) is 3.68. The van der Waals surface area contributed by atoms with Gasteiger partial charge in [0, 0.05) is 11.9 Å². The maximum absolute atomic E-state index is 6.06. The summed E-state index contributed by atoms with van der Waals surface area (Å²) in [5.74, 6) is 0.612. The smallest absolute Gasteiger partial charge is 0.0483 e. The van der Waals surface area contributed by atoms with Gasteiger partial charge in [-0.05, 0) is 30.4 Å². The van der Waals surface area contributed by atoms with Crippen LogP contribution in [-0.4, -0.2) is 24.9 Å². The molecule has 0 saturated heterocycles. The molecule has 0 heterocycles. The molecular weight excluding hydrogens is 218 g/mol. The van der Waals surface area contributed by atoms with E-state index in [0.717, 1.165) is 0 Å². The summed E-state index contributed by atoms with van der Waals surface area (Å²) in [4.78, 5) is 2.16. The summed E-state index contributed by atoms with van der Waals surface area (Å²) in [5.41, 5.74) is 1.30. The van der Waals surface area contributed by atoms with Crippen molar-refractivity contribution in [3.63, 3.8) is 0 Å². The molecule has 0 aromatic heterocycles. The van der Waals surface area contributed by atoms with Crippen molar-refractivity contribution >= 4 is 22.4 Å². The molecule has 2 aromatic rings. The van der Waals surface area contributed by atoms with E-state index in [-0.39, 0.29) is 6.04 Å². The number of halogens is 1. The van der Waals surface area contributed by atoms with E-state index >= 15 is 0 Å². The Hall–Kier alpha value is -1.05. The molecule has 84 valence electrons. The van der Waals surface area contributed by atoms with E-state index in [0.29, 0.717) is 5.88 Å². The first-order chi connectivity index (χ1) is 7.74. The van der Waals surface area contributed by atoms with Crippen LogP contribution in [0, 0.1) is 0 Å². The maximum atomic E-state index is 6.06. The standard InChI is InChI=1S/C14H16ClN/c1-16(2)14(10-15)13-9-5-7-11-6-3-4-8-12(11)13/h3-9,14H,10H2,1-2H3. The third kappa shape index (κ3) is 2.06. The molecule has 1 atom stereocenters. The van der Waals surface area contributed by atoms with Crippen molar-refractivity contribution in [1.29, 1.82) is 0 Å². The second-order valence-corrected chi connectivity index (χ2v) is 4.51. The van der Waals surface area contributed by atoms with Crippen molar-refractivity contribution in [3.8, 4) is 0 Å². The van der Waals surface area contributed by atoms with Crippen LogP contribution in [-0.2, 0) is 0 Å². The van der Waals surface area contributed by atoms with Gasteiger partial charge in [0.15, 0.2) is 0 Å². The van der Waals surface area contributed by atoms with Crippen molar-refractivity contribution in [2.45, 2.75) is 6.04 Å².